The highest BCUT2D eigenvalue weighted by Crippen LogP contribution is 2.32. The second-order valence-corrected chi connectivity index (χ2v) is 5.50. The van der Waals surface area contributed by atoms with E-state index in [4.69, 9.17) is 5.73 Å². The lowest BCUT2D eigenvalue weighted by atomic mass is 10.2. The molecule has 3 aromatic rings. The number of alkyl halides is 3. The van der Waals surface area contributed by atoms with Gasteiger partial charge in [0.25, 0.3) is 0 Å². The fourth-order valence-corrected chi connectivity index (χ4v) is 2.58. The molecule has 0 atom stereocenters. The first-order chi connectivity index (χ1) is 9.83. The minimum Gasteiger partial charge on any atom is -0.399 e. The van der Waals surface area contributed by atoms with Crippen LogP contribution in [-0.2, 0) is 6.18 Å². The third-order valence-electron chi connectivity index (χ3n) is 3.00. The molecule has 0 saturated carbocycles. The Balaban J connectivity index is 2.13. The second-order valence-electron chi connectivity index (χ2n) is 4.59. The summed E-state index contributed by atoms with van der Waals surface area (Å²) in [6.07, 6.45) is -4.38. The number of H-pyrrole nitrogens is 1. The van der Waals surface area contributed by atoms with Gasteiger partial charge in [-0.25, -0.2) is 4.98 Å². The molecule has 0 bridgehead atoms. The van der Waals surface area contributed by atoms with Crippen LogP contribution in [0.25, 0.3) is 22.4 Å². The molecule has 3 N–H and O–H groups in total. The van der Waals surface area contributed by atoms with E-state index >= 15 is 0 Å². The molecule has 0 aliphatic rings. The number of aromatic nitrogens is 2. The van der Waals surface area contributed by atoms with Crippen LogP contribution < -0.4 is 5.73 Å². The Kier molecular flexibility index (Phi) is 3.16. The first-order valence-electron chi connectivity index (χ1n) is 5.96. The average Bonchev–Trinajstić information content (AvgIpc) is 2.79. The smallest absolute Gasteiger partial charge is 0.399 e. The summed E-state index contributed by atoms with van der Waals surface area (Å²) in [6, 6.07) is 8.63. The van der Waals surface area contributed by atoms with E-state index in [1.54, 1.807) is 18.2 Å². The van der Waals surface area contributed by atoms with Crippen LogP contribution in [0.3, 0.4) is 0 Å². The molecule has 3 nitrogen and oxygen atoms in total. The summed E-state index contributed by atoms with van der Waals surface area (Å²) < 4.78 is 38.9. The third kappa shape index (κ3) is 2.73. The van der Waals surface area contributed by atoms with Crippen molar-refractivity contribution < 1.29 is 13.2 Å². The van der Waals surface area contributed by atoms with Crippen molar-refractivity contribution in [2.45, 2.75) is 6.18 Å². The molecule has 7 heteroatoms. The number of nitrogens with one attached hydrogen (secondary N) is 1. The fraction of sp³-hybridized carbons (Fsp3) is 0.0714. The first kappa shape index (κ1) is 13.9. The quantitative estimate of drug-likeness (QED) is 0.627. The maximum absolute atomic E-state index is 12.7. The molecule has 0 fully saturated rings. The van der Waals surface area contributed by atoms with Crippen molar-refractivity contribution in [3.8, 4) is 11.4 Å². The van der Waals surface area contributed by atoms with Gasteiger partial charge in [0.2, 0.25) is 0 Å². The molecule has 0 amide bonds. The predicted octanol–water partition coefficient (Wildman–Crippen LogP) is 4.59. The number of hydrogen-bond acceptors (Lipinski definition) is 2. The molecule has 0 unspecified atom stereocenters. The number of hydrogen-bond donors (Lipinski definition) is 2. The highest BCUT2D eigenvalue weighted by atomic mass is 79.9. The lowest BCUT2D eigenvalue weighted by molar-refractivity contribution is -0.137. The molecule has 2 aromatic carbocycles. The van der Waals surface area contributed by atoms with E-state index in [0.717, 1.165) is 16.6 Å². The Labute approximate surface area is 126 Å². The van der Waals surface area contributed by atoms with Gasteiger partial charge in [-0.15, -0.1) is 0 Å². The predicted molar refractivity (Wildman–Crippen MR) is 78.6 cm³/mol. The van der Waals surface area contributed by atoms with Crippen LogP contribution in [0.5, 0.6) is 0 Å². The molecule has 1 aromatic heterocycles. The number of benzene rings is 2. The van der Waals surface area contributed by atoms with Crippen molar-refractivity contribution in [3.05, 3.63) is 46.4 Å². The molecule has 1 heterocycles. The number of aromatic amines is 1. The van der Waals surface area contributed by atoms with Crippen molar-refractivity contribution >= 4 is 32.7 Å². The molecule has 0 aliphatic heterocycles. The number of nitrogen functional groups attached to an aromatic ring is 1. The minimum atomic E-state index is -4.38. The van der Waals surface area contributed by atoms with Crippen LogP contribution in [0.2, 0.25) is 0 Å². The van der Waals surface area contributed by atoms with Crippen molar-refractivity contribution in [1.29, 1.82) is 0 Å². The van der Waals surface area contributed by atoms with Gasteiger partial charge in [0.05, 0.1) is 16.6 Å². The standard InChI is InChI=1S/C14H9BrF3N3/c15-9-3-7(4-10(19)6-9)13-20-11-2-1-8(14(16,17)18)5-12(11)21-13/h1-6H,19H2,(H,20,21). The largest absolute Gasteiger partial charge is 0.416 e. The van der Waals surface area contributed by atoms with Crippen LogP contribution in [0, 0.1) is 0 Å². The van der Waals surface area contributed by atoms with E-state index < -0.39 is 11.7 Å². The summed E-state index contributed by atoms with van der Waals surface area (Å²) in [5, 5.41) is 0. The van der Waals surface area contributed by atoms with E-state index in [9.17, 15) is 13.2 Å². The summed E-state index contributed by atoms with van der Waals surface area (Å²) in [4.78, 5) is 7.18. The fourth-order valence-electron chi connectivity index (χ4n) is 2.07. The van der Waals surface area contributed by atoms with Gasteiger partial charge in [0.1, 0.15) is 5.82 Å². The van der Waals surface area contributed by atoms with Gasteiger partial charge in [0, 0.05) is 15.7 Å². The Morgan fingerprint density at radius 3 is 2.52 bits per heavy atom. The number of halogens is 4. The van der Waals surface area contributed by atoms with Gasteiger partial charge in [-0.1, -0.05) is 15.9 Å². The van der Waals surface area contributed by atoms with Crippen LogP contribution in [0.15, 0.2) is 40.9 Å². The summed E-state index contributed by atoms with van der Waals surface area (Å²) >= 11 is 3.32. The van der Waals surface area contributed by atoms with Crippen LogP contribution in [0.4, 0.5) is 18.9 Å². The molecule has 0 saturated heterocycles. The third-order valence-corrected chi connectivity index (χ3v) is 3.46. The van der Waals surface area contributed by atoms with Gasteiger partial charge in [-0.3, -0.25) is 0 Å². The number of imidazole rings is 1. The molecule has 0 radical (unpaired) electrons. The van der Waals surface area contributed by atoms with Gasteiger partial charge in [-0.2, -0.15) is 13.2 Å². The van der Waals surface area contributed by atoms with E-state index in [-0.39, 0.29) is 0 Å². The van der Waals surface area contributed by atoms with E-state index in [1.165, 1.54) is 6.07 Å². The highest BCUT2D eigenvalue weighted by molar-refractivity contribution is 9.10. The van der Waals surface area contributed by atoms with Crippen LogP contribution in [-0.4, -0.2) is 9.97 Å². The first-order valence-corrected chi connectivity index (χ1v) is 6.75. The lowest BCUT2D eigenvalue weighted by Crippen LogP contribution is -2.04. The summed E-state index contributed by atoms with van der Waals surface area (Å²) in [5.74, 6) is 0.470. The maximum atomic E-state index is 12.7. The number of anilines is 1. The summed E-state index contributed by atoms with van der Waals surface area (Å²) in [5.41, 5.74) is 7.08. The monoisotopic (exact) mass is 355 g/mol. The molecule has 108 valence electrons. The number of fused-ring (bicyclic) bond motifs is 1. The molecular formula is C14H9BrF3N3. The lowest BCUT2D eigenvalue weighted by Gasteiger charge is -2.05. The molecule has 0 spiro atoms. The Morgan fingerprint density at radius 2 is 1.86 bits per heavy atom. The SMILES string of the molecule is Nc1cc(Br)cc(-c2nc3ccc(C(F)(F)F)cc3[nH]2)c1. The van der Waals surface area contributed by atoms with Crippen molar-refractivity contribution in [1.82, 2.24) is 9.97 Å². The zero-order valence-corrected chi connectivity index (χ0v) is 12.1. The maximum Gasteiger partial charge on any atom is 0.416 e. The molecule has 3 rings (SSSR count). The van der Waals surface area contributed by atoms with Gasteiger partial charge in [0.15, 0.2) is 0 Å². The number of nitrogens with two attached hydrogens (primary N) is 1. The normalized spacial score (nSPS) is 12.0. The zero-order valence-electron chi connectivity index (χ0n) is 10.5. The topological polar surface area (TPSA) is 54.7 Å². The Hall–Kier alpha value is -2.02. The van der Waals surface area contributed by atoms with E-state index in [2.05, 4.69) is 25.9 Å². The Bertz CT molecular complexity index is 804. The average molecular weight is 356 g/mol. The highest BCUT2D eigenvalue weighted by Gasteiger charge is 2.30. The minimum absolute atomic E-state index is 0.332. The van der Waals surface area contributed by atoms with Crippen molar-refractivity contribution in [2.24, 2.45) is 0 Å². The van der Waals surface area contributed by atoms with E-state index in [1.807, 2.05) is 0 Å². The van der Waals surface area contributed by atoms with Gasteiger partial charge >= 0.3 is 6.18 Å². The van der Waals surface area contributed by atoms with Gasteiger partial charge in [-0.05, 0) is 36.4 Å². The molecule has 0 aliphatic carbocycles. The van der Waals surface area contributed by atoms with Crippen molar-refractivity contribution in [3.63, 3.8) is 0 Å². The zero-order chi connectivity index (χ0) is 15.2. The molecular weight excluding hydrogens is 347 g/mol. The van der Waals surface area contributed by atoms with Crippen molar-refractivity contribution in [2.75, 3.05) is 5.73 Å². The number of rotatable bonds is 1. The molecule has 21 heavy (non-hydrogen) atoms. The second kappa shape index (κ2) is 4.77. The van der Waals surface area contributed by atoms with E-state index in [0.29, 0.717) is 28.1 Å². The van der Waals surface area contributed by atoms with Crippen LogP contribution in [0.1, 0.15) is 5.56 Å². The van der Waals surface area contributed by atoms with Crippen LogP contribution >= 0.6 is 15.9 Å². The summed E-state index contributed by atoms with van der Waals surface area (Å²) in [7, 11) is 0. The summed E-state index contributed by atoms with van der Waals surface area (Å²) in [6.45, 7) is 0. The van der Waals surface area contributed by atoms with Gasteiger partial charge < -0.3 is 10.7 Å². The number of nitrogens with zero attached hydrogens (tertiary/aromatic N) is 1. The Morgan fingerprint density at radius 1 is 1.10 bits per heavy atom.